The van der Waals surface area contributed by atoms with Crippen molar-refractivity contribution in [1.82, 2.24) is 9.97 Å². The molecule has 0 aliphatic heterocycles. The first-order valence-corrected chi connectivity index (χ1v) is 6.74. The molecule has 0 aliphatic carbocycles. The van der Waals surface area contributed by atoms with E-state index < -0.39 is 0 Å². The van der Waals surface area contributed by atoms with Gasteiger partial charge in [-0.2, -0.15) is 0 Å². The van der Waals surface area contributed by atoms with Gasteiger partial charge in [-0.1, -0.05) is 11.8 Å². The van der Waals surface area contributed by atoms with Crippen LogP contribution >= 0.6 is 23.1 Å². The summed E-state index contributed by atoms with van der Waals surface area (Å²) < 4.78 is 1.22. The van der Waals surface area contributed by atoms with Gasteiger partial charge in [-0.25, -0.2) is 4.98 Å². The number of pyridine rings is 2. The number of rotatable bonds is 2. The highest BCUT2D eigenvalue weighted by Gasteiger charge is 2.05. The number of hydrogen-bond donors (Lipinski definition) is 1. The first-order chi connectivity index (χ1) is 8.33. The summed E-state index contributed by atoms with van der Waals surface area (Å²) >= 11 is 3.39. The molecule has 0 spiro atoms. The largest absolute Gasteiger partial charge is 0.384 e. The van der Waals surface area contributed by atoms with Crippen molar-refractivity contribution in [3.63, 3.8) is 0 Å². The molecule has 84 valence electrons. The van der Waals surface area contributed by atoms with E-state index >= 15 is 0 Å². The van der Waals surface area contributed by atoms with E-state index in [0.717, 1.165) is 10.4 Å². The molecule has 0 saturated heterocycles. The van der Waals surface area contributed by atoms with Gasteiger partial charge in [0.15, 0.2) is 0 Å². The van der Waals surface area contributed by atoms with Gasteiger partial charge in [0.2, 0.25) is 0 Å². The molecule has 0 fully saturated rings. The molecular formula is C12H9N3S2. The highest BCUT2D eigenvalue weighted by molar-refractivity contribution is 7.99. The van der Waals surface area contributed by atoms with Crippen LogP contribution in [0.5, 0.6) is 0 Å². The van der Waals surface area contributed by atoms with E-state index in [1.807, 2.05) is 30.5 Å². The number of nitrogens with zero attached hydrogens (tertiary/aromatic N) is 2. The third-order valence-corrected chi connectivity index (χ3v) is 4.40. The van der Waals surface area contributed by atoms with Crippen molar-refractivity contribution >= 4 is 39.1 Å². The summed E-state index contributed by atoms with van der Waals surface area (Å²) in [5.74, 6) is 0.547. The Hall–Kier alpha value is -1.59. The first-order valence-electron chi connectivity index (χ1n) is 5.04. The van der Waals surface area contributed by atoms with Crippen LogP contribution in [0.3, 0.4) is 0 Å². The Kier molecular flexibility index (Phi) is 2.70. The minimum absolute atomic E-state index is 0.547. The summed E-state index contributed by atoms with van der Waals surface area (Å²) in [6, 6.07) is 7.85. The van der Waals surface area contributed by atoms with Crippen LogP contribution in [0.2, 0.25) is 0 Å². The summed E-state index contributed by atoms with van der Waals surface area (Å²) in [5.41, 5.74) is 6.61. The van der Waals surface area contributed by atoms with Crippen LogP contribution in [-0.2, 0) is 0 Å². The molecule has 0 amide bonds. The SMILES string of the molecule is Nc1ccc(Sc2ccnc3ccsc23)cn1. The molecule has 5 heteroatoms. The molecule has 0 aromatic carbocycles. The zero-order valence-electron chi connectivity index (χ0n) is 8.83. The van der Waals surface area contributed by atoms with Crippen LogP contribution in [0.4, 0.5) is 5.82 Å². The minimum atomic E-state index is 0.547. The zero-order chi connectivity index (χ0) is 11.7. The number of hydrogen-bond acceptors (Lipinski definition) is 5. The summed E-state index contributed by atoms with van der Waals surface area (Å²) in [4.78, 5) is 10.7. The highest BCUT2D eigenvalue weighted by Crippen LogP contribution is 2.34. The fraction of sp³-hybridized carbons (Fsp3) is 0. The van der Waals surface area contributed by atoms with Gasteiger partial charge in [-0.3, -0.25) is 4.98 Å². The Labute approximate surface area is 107 Å². The second-order valence-corrected chi connectivity index (χ2v) is 5.50. The van der Waals surface area contributed by atoms with Gasteiger partial charge in [0, 0.05) is 22.2 Å². The molecule has 3 aromatic rings. The number of nitrogens with two attached hydrogens (primary N) is 1. The van der Waals surface area contributed by atoms with E-state index in [4.69, 9.17) is 5.73 Å². The average Bonchev–Trinajstić information content (AvgIpc) is 2.81. The monoisotopic (exact) mass is 259 g/mol. The lowest BCUT2D eigenvalue weighted by Gasteiger charge is -2.02. The number of thiophene rings is 1. The molecule has 3 heterocycles. The van der Waals surface area contributed by atoms with E-state index in [-0.39, 0.29) is 0 Å². The molecule has 0 atom stereocenters. The fourth-order valence-corrected chi connectivity index (χ4v) is 3.36. The quantitative estimate of drug-likeness (QED) is 0.766. The Morgan fingerprint density at radius 1 is 1.12 bits per heavy atom. The summed E-state index contributed by atoms with van der Waals surface area (Å²) in [7, 11) is 0. The third-order valence-electron chi connectivity index (χ3n) is 2.29. The molecular weight excluding hydrogens is 250 g/mol. The smallest absolute Gasteiger partial charge is 0.123 e. The number of aromatic nitrogens is 2. The highest BCUT2D eigenvalue weighted by atomic mass is 32.2. The normalized spacial score (nSPS) is 10.8. The van der Waals surface area contributed by atoms with Crippen molar-refractivity contribution in [2.75, 3.05) is 5.73 Å². The summed E-state index contributed by atoms with van der Waals surface area (Å²) in [6.07, 6.45) is 3.63. The molecule has 3 nitrogen and oxygen atoms in total. The maximum atomic E-state index is 5.57. The van der Waals surface area contributed by atoms with Crippen molar-refractivity contribution in [3.8, 4) is 0 Å². The standard InChI is InChI=1S/C12H9N3S2/c13-11-2-1-8(7-15-11)17-10-3-5-14-9-4-6-16-12(9)10/h1-7H,(H2,13,15). The Balaban J connectivity index is 1.99. The van der Waals surface area contributed by atoms with Crippen molar-refractivity contribution in [2.45, 2.75) is 9.79 Å². The Morgan fingerprint density at radius 3 is 2.88 bits per heavy atom. The number of nitrogen functional groups attached to an aromatic ring is 1. The van der Waals surface area contributed by atoms with Gasteiger partial charge in [-0.15, -0.1) is 11.3 Å². The number of anilines is 1. The van der Waals surface area contributed by atoms with Crippen molar-refractivity contribution < 1.29 is 0 Å². The van der Waals surface area contributed by atoms with Crippen LogP contribution in [0.15, 0.2) is 51.8 Å². The van der Waals surface area contributed by atoms with Crippen LogP contribution in [0.1, 0.15) is 0 Å². The zero-order valence-corrected chi connectivity index (χ0v) is 10.5. The van der Waals surface area contributed by atoms with Crippen LogP contribution in [0, 0.1) is 0 Å². The van der Waals surface area contributed by atoms with Gasteiger partial charge in [0.05, 0.1) is 10.2 Å². The third kappa shape index (κ3) is 2.11. The average molecular weight is 259 g/mol. The maximum Gasteiger partial charge on any atom is 0.123 e. The fourth-order valence-electron chi connectivity index (χ4n) is 1.51. The second-order valence-electron chi connectivity index (χ2n) is 3.46. The lowest BCUT2D eigenvalue weighted by Crippen LogP contribution is -1.87. The first kappa shape index (κ1) is 10.6. The molecule has 0 unspecified atom stereocenters. The predicted molar refractivity (Wildman–Crippen MR) is 72.4 cm³/mol. The maximum absolute atomic E-state index is 5.57. The van der Waals surface area contributed by atoms with E-state index in [1.165, 1.54) is 9.60 Å². The minimum Gasteiger partial charge on any atom is -0.384 e. The van der Waals surface area contributed by atoms with E-state index in [0.29, 0.717) is 5.82 Å². The summed E-state index contributed by atoms with van der Waals surface area (Å²) in [6.45, 7) is 0. The van der Waals surface area contributed by atoms with Crippen molar-refractivity contribution in [3.05, 3.63) is 42.0 Å². The van der Waals surface area contributed by atoms with Gasteiger partial charge < -0.3 is 5.73 Å². The van der Waals surface area contributed by atoms with Crippen LogP contribution in [-0.4, -0.2) is 9.97 Å². The Bertz CT molecular complexity index is 646. The van der Waals surface area contributed by atoms with Crippen molar-refractivity contribution in [2.24, 2.45) is 0 Å². The summed E-state index contributed by atoms with van der Waals surface area (Å²) in [5, 5.41) is 2.06. The molecule has 0 aliphatic rings. The van der Waals surface area contributed by atoms with Crippen LogP contribution < -0.4 is 5.73 Å². The van der Waals surface area contributed by atoms with E-state index in [1.54, 1.807) is 29.3 Å². The van der Waals surface area contributed by atoms with Crippen molar-refractivity contribution in [1.29, 1.82) is 0 Å². The molecule has 0 bridgehead atoms. The van der Waals surface area contributed by atoms with Gasteiger partial charge in [0.25, 0.3) is 0 Å². The molecule has 2 N–H and O–H groups in total. The van der Waals surface area contributed by atoms with E-state index in [2.05, 4.69) is 15.3 Å². The van der Waals surface area contributed by atoms with Gasteiger partial charge >= 0.3 is 0 Å². The molecule has 3 aromatic heterocycles. The number of fused-ring (bicyclic) bond motifs is 1. The molecule has 0 radical (unpaired) electrons. The lowest BCUT2D eigenvalue weighted by molar-refractivity contribution is 1.24. The molecule has 3 rings (SSSR count). The lowest BCUT2D eigenvalue weighted by atomic mass is 10.4. The van der Waals surface area contributed by atoms with E-state index in [9.17, 15) is 0 Å². The molecule has 0 saturated carbocycles. The van der Waals surface area contributed by atoms with Gasteiger partial charge in [-0.05, 0) is 29.6 Å². The second kappa shape index (κ2) is 4.35. The molecule has 17 heavy (non-hydrogen) atoms. The Morgan fingerprint density at radius 2 is 2.06 bits per heavy atom. The van der Waals surface area contributed by atoms with Crippen LogP contribution in [0.25, 0.3) is 10.2 Å². The topological polar surface area (TPSA) is 51.8 Å². The predicted octanol–water partition coefficient (Wildman–Crippen LogP) is 3.42. The van der Waals surface area contributed by atoms with Gasteiger partial charge in [0.1, 0.15) is 5.82 Å².